The lowest BCUT2D eigenvalue weighted by Gasteiger charge is -2.10. The van der Waals surface area contributed by atoms with E-state index >= 15 is 0 Å². The van der Waals surface area contributed by atoms with Gasteiger partial charge in [0.15, 0.2) is 0 Å². The van der Waals surface area contributed by atoms with E-state index in [4.69, 9.17) is 0 Å². The van der Waals surface area contributed by atoms with Crippen LogP contribution in [0.15, 0.2) is 30.3 Å². The summed E-state index contributed by atoms with van der Waals surface area (Å²) in [6, 6.07) is 7.55. The SMILES string of the molecule is CN(C)C(=O)c1cccc(C=CCS)c1. The Hall–Kier alpha value is -1.22. The molecule has 1 amide bonds. The van der Waals surface area contributed by atoms with E-state index in [1.807, 2.05) is 36.4 Å². The zero-order valence-corrected chi connectivity index (χ0v) is 9.87. The fourth-order valence-electron chi connectivity index (χ4n) is 1.22. The molecule has 1 rings (SSSR count). The molecule has 0 spiro atoms. The number of benzene rings is 1. The highest BCUT2D eigenvalue weighted by atomic mass is 32.1. The first kappa shape index (κ1) is 11.9. The van der Waals surface area contributed by atoms with E-state index in [-0.39, 0.29) is 5.91 Å². The first-order chi connectivity index (χ1) is 7.15. The quantitative estimate of drug-likeness (QED) is 0.777. The molecule has 0 radical (unpaired) electrons. The van der Waals surface area contributed by atoms with E-state index in [0.717, 1.165) is 5.56 Å². The number of carbonyl (C=O) groups excluding carboxylic acids is 1. The predicted molar refractivity (Wildman–Crippen MR) is 67.3 cm³/mol. The maximum atomic E-state index is 11.7. The molecule has 0 atom stereocenters. The van der Waals surface area contributed by atoms with Gasteiger partial charge in [-0.05, 0) is 17.7 Å². The van der Waals surface area contributed by atoms with Gasteiger partial charge in [-0.15, -0.1) is 0 Å². The van der Waals surface area contributed by atoms with Crippen molar-refractivity contribution in [3.8, 4) is 0 Å². The molecule has 15 heavy (non-hydrogen) atoms. The zero-order valence-electron chi connectivity index (χ0n) is 8.97. The van der Waals surface area contributed by atoms with Crippen LogP contribution in [0.25, 0.3) is 6.08 Å². The van der Waals surface area contributed by atoms with Gasteiger partial charge in [-0.1, -0.05) is 24.3 Å². The fourth-order valence-corrected chi connectivity index (χ4v) is 1.33. The number of nitrogens with zero attached hydrogens (tertiary/aromatic N) is 1. The Balaban J connectivity index is 2.92. The lowest BCUT2D eigenvalue weighted by atomic mass is 10.1. The number of hydrogen-bond acceptors (Lipinski definition) is 2. The summed E-state index contributed by atoms with van der Waals surface area (Å²) in [5, 5.41) is 0. The van der Waals surface area contributed by atoms with Crippen molar-refractivity contribution in [2.75, 3.05) is 19.8 Å². The van der Waals surface area contributed by atoms with Crippen LogP contribution in [0.2, 0.25) is 0 Å². The maximum Gasteiger partial charge on any atom is 0.253 e. The standard InChI is InChI=1S/C12H15NOS/c1-13(2)12(14)11-7-3-5-10(9-11)6-4-8-15/h3-7,9,15H,8H2,1-2H3. The first-order valence-electron chi connectivity index (χ1n) is 4.74. The second-order valence-electron chi connectivity index (χ2n) is 3.41. The molecular formula is C12H15NOS. The summed E-state index contributed by atoms with van der Waals surface area (Å²) in [6.07, 6.45) is 3.90. The van der Waals surface area contributed by atoms with E-state index < -0.39 is 0 Å². The molecule has 0 saturated carbocycles. The minimum absolute atomic E-state index is 0.0242. The van der Waals surface area contributed by atoms with Gasteiger partial charge in [0.1, 0.15) is 0 Å². The lowest BCUT2D eigenvalue weighted by Crippen LogP contribution is -2.21. The van der Waals surface area contributed by atoms with Crippen LogP contribution >= 0.6 is 12.6 Å². The van der Waals surface area contributed by atoms with Crippen LogP contribution in [-0.2, 0) is 0 Å². The number of rotatable bonds is 3. The zero-order chi connectivity index (χ0) is 11.3. The topological polar surface area (TPSA) is 20.3 Å². The third kappa shape index (κ3) is 3.44. The van der Waals surface area contributed by atoms with Crippen molar-refractivity contribution in [2.45, 2.75) is 0 Å². The van der Waals surface area contributed by atoms with Gasteiger partial charge >= 0.3 is 0 Å². The third-order valence-electron chi connectivity index (χ3n) is 1.96. The van der Waals surface area contributed by atoms with Gasteiger partial charge in [-0.2, -0.15) is 12.6 Å². The Bertz CT molecular complexity index is 372. The van der Waals surface area contributed by atoms with Crippen LogP contribution in [0.3, 0.4) is 0 Å². The molecule has 0 aliphatic heterocycles. The van der Waals surface area contributed by atoms with Crippen molar-refractivity contribution in [1.29, 1.82) is 0 Å². The van der Waals surface area contributed by atoms with Gasteiger partial charge in [-0.3, -0.25) is 4.79 Å². The molecule has 0 unspecified atom stereocenters. The highest BCUT2D eigenvalue weighted by Gasteiger charge is 2.06. The Morgan fingerprint density at radius 3 is 2.80 bits per heavy atom. The van der Waals surface area contributed by atoms with Crippen LogP contribution < -0.4 is 0 Å². The Morgan fingerprint density at radius 2 is 2.20 bits per heavy atom. The molecule has 0 bridgehead atoms. The average molecular weight is 221 g/mol. The second-order valence-corrected chi connectivity index (χ2v) is 3.78. The molecule has 2 nitrogen and oxygen atoms in total. The van der Waals surface area contributed by atoms with Crippen molar-refractivity contribution in [1.82, 2.24) is 4.90 Å². The van der Waals surface area contributed by atoms with Gasteiger partial charge in [0, 0.05) is 25.4 Å². The van der Waals surface area contributed by atoms with E-state index in [1.165, 1.54) is 0 Å². The van der Waals surface area contributed by atoms with Crippen LogP contribution in [0.5, 0.6) is 0 Å². The van der Waals surface area contributed by atoms with Gasteiger partial charge in [0.25, 0.3) is 5.91 Å². The third-order valence-corrected chi connectivity index (χ3v) is 2.17. The van der Waals surface area contributed by atoms with Gasteiger partial charge < -0.3 is 4.90 Å². The summed E-state index contributed by atoms with van der Waals surface area (Å²) < 4.78 is 0. The normalized spacial score (nSPS) is 10.6. The summed E-state index contributed by atoms with van der Waals surface area (Å²) in [5.41, 5.74) is 1.73. The van der Waals surface area contributed by atoms with E-state index in [1.54, 1.807) is 19.0 Å². The molecule has 0 aromatic heterocycles. The van der Waals surface area contributed by atoms with E-state index in [0.29, 0.717) is 11.3 Å². The van der Waals surface area contributed by atoms with E-state index in [2.05, 4.69) is 12.6 Å². The van der Waals surface area contributed by atoms with Crippen LogP contribution in [0, 0.1) is 0 Å². The molecular weight excluding hydrogens is 206 g/mol. The number of hydrogen-bond donors (Lipinski definition) is 1. The summed E-state index contributed by atoms with van der Waals surface area (Å²) in [7, 11) is 3.50. The first-order valence-corrected chi connectivity index (χ1v) is 5.37. The summed E-state index contributed by atoms with van der Waals surface area (Å²) in [4.78, 5) is 13.2. The highest BCUT2D eigenvalue weighted by Crippen LogP contribution is 2.08. The number of amides is 1. The van der Waals surface area contributed by atoms with Gasteiger partial charge in [0.2, 0.25) is 0 Å². The van der Waals surface area contributed by atoms with Crippen LogP contribution in [-0.4, -0.2) is 30.7 Å². The van der Waals surface area contributed by atoms with Crippen molar-refractivity contribution in [2.24, 2.45) is 0 Å². The molecule has 0 aliphatic rings. The largest absolute Gasteiger partial charge is 0.345 e. The smallest absolute Gasteiger partial charge is 0.253 e. The van der Waals surface area contributed by atoms with Gasteiger partial charge in [-0.25, -0.2) is 0 Å². The molecule has 0 N–H and O–H groups in total. The van der Waals surface area contributed by atoms with Crippen molar-refractivity contribution in [3.05, 3.63) is 41.5 Å². The van der Waals surface area contributed by atoms with Crippen molar-refractivity contribution >= 4 is 24.6 Å². The fraction of sp³-hybridized carbons (Fsp3) is 0.250. The molecule has 1 aromatic carbocycles. The molecule has 80 valence electrons. The molecule has 3 heteroatoms. The average Bonchev–Trinajstić information content (AvgIpc) is 2.25. The molecule has 0 fully saturated rings. The summed E-state index contributed by atoms with van der Waals surface area (Å²) >= 11 is 4.09. The van der Waals surface area contributed by atoms with Crippen LogP contribution in [0.4, 0.5) is 0 Å². The predicted octanol–water partition coefficient (Wildman–Crippen LogP) is 2.33. The Labute approximate surface area is 96.0 Å². The summed E-state index contributed by atoms with van der Waals surface area (Å²) in [6.45, 7) is 0. The molecule has 0 saturated heterocycles. The lowest BCUT2D eigenvalue weighted by molar-refractivity contribution is 0.0827. The Morgan fingerprint density at radius 1 is 1.47 bits per heavy atom. The maximum absolute atomic E-state index is 11.7. The molecule has 0 aliphatic carbocycles. The minimum Gasteiger partial charge on any atom is -0.345 e. The number of carbonyl (C=O) groups is 1. The summed E-state index contributed by atoms with van der Waals surface area (Å²) in [5.74, 6) is 0.724. The van der Waals surface area contributed by atoms with Gasteiger partial charge in [0.05, 0.1) is 0 Å². The monoisotopic (exact) mass is 221 g/mol. The minimum atomic E-state index is 0.0242. The van der Waals surface area contributed by atoms with Crippen molar-refractivity contribution < 1.29 is 4.79 Å². The second kappa shape index (κ2) is 5.61. The highest BCUT2D eigenvalue weighted by molar-refractivity contribution is 7.80. The Kier molecular flexibility index (Phi) is 4.43. The number of thiol groups is 1. The van der Waals surface area contributed by atoms with E-state index in [9.17, 15) is 4.79 Å². The molecule has 0 heterocycles. The van der Waals surface area contributed by atoms with Crippen LogP contribution in [0.1, 0.15) is 15.9 Å². The molecule has 1 aromatic rings. The van der Waals surface area contributed by atoms with Crippen molar-refractivity contribution in [3.63, 3.8) is 0 Å².